The third-order valence-electron chi connectivity index (χ3n) is 5.32. The fraction of sp³-hybridized carbons (Fsp3) is 0.938. The Hall–Kier alpha value is -0.530. The summed E-state index contributed by atoms with van der Waals surface area (Å²) in [4.78, 5) is 11.9. The number of carbonyl (C=O) groups is 1. The van der Waals surface area contributed by atoms with E-state index < -0.39 is 0 Å². The van der Waals surface area contributed by atoms with Gasteiger partial charge < -0.3 is 4.74 Å². The third-order valence-corrected chi connectivity index (χ3v) is 5.32. The van der Waals surface area contributed by atoms with Gasteiger partial charge in [-0.1, -0.05) is 39.5 Å². The Bertz CT molecular complexity index is 307. The lowest BCUT2D eigenvalue weighted by Gasteiger charge is -2.53. The molecule has 0 aliphatic heterocycles. The normalized spacial score (nSPS) is 32.4. The van der Waals surface area contributed by atoms with Gasteiger partial charge in [0.15, 0.2) is 0 Å². The molecule has 0 heterocycles. The highest BCUT2D eigenvalue weighted by Crippen LogP contribution is 2.55. The van der Waals surface area contributed by atoms with E-state index in [2.05, 4.69) is 13.8 Å². The lowest BCUT2D eigenvalue weighted by atomic mass is 9.55. The number of ether oxygens (including phenoxy) is 1. The lowest BCUT2D eigenvalue weighted by molar-refractivity contribution is -0.184. The summed E-state index contributed by atoms with van der Waals surface area (Å²) in [5, 5.41) is 0. The summed E-state index contributed by atoms with van der Waals surface area (Å²) in [5.74, 6) is 0.815. The van der Waals surface area contributed by atoms with E-state index in [1.54, 1.807) is 0 Å². The van der Waals surface area contributed by atoms with E-state index in [9.17, 15) is 4.79 Å². The second-order valence-corrected chi connectivity index (χ2v) is 7.22. The van der Waals surface area contributed by atoms with Gasteiger partial charge in [-0.15, -0.1) is 0 Å². The van der Waals surface area contributed by atoms with Crippen LogP contribution in [0.25, 0.3) is 0 Å². The smallest absolute Gasteiger partial charge is 0.308 e. The molecular formula is C16H28O2. The zero-order chi connectivity index (χ0) is 13.4. The first kappa shape index (κ1) is 13.9. The molecular weight excluding hydrogens is 224 g/mol. The number of rotatable bonds is 3. The van der Waals surface area contributed by atoms with Gasteiger partial charge in [0.2, 0.25) is 0 Å². The first-order chi connectivity index (χ1) is 8.36. The predicted molar refractivity (Wildman–Crippen MR) is 73.3 cm³/mol. The first-order valence-electron chi connectivity index (χ1n) is 7.59. The van der Waals surface area contributed by atoms with Crippen molar-refractivity contribution in [1.82, 2.24) is 0 Å². The van der Waals surface area contributed by atoms with E-state index in [0.29, 0.717) is 0 Å². The van der Waals surface area contributed by atoms with E-state index in [1.165, 1.54) is 44.9 Å². The summed E-state index contributed by atoms with van der Waals surface area (Å²) >= 11 is 0. The highest BCUT2D eigenvalue weighted by atomic mass is 16.6. The standard InChI is InChI=1S/C16H28O2/c1-12(2)14(17)18-15(3,4)16-9-5-7-13(11-16)8-6-10-16/h12-13H,5-11H2,1-4H3. The average molecular weight is 252 g/mol. The lowest BCUT2D eigenvalue weighted by Crippen LogP contribution is -2.51. The molecule has 0 amide bonds. The zero-order valence-electron chi connectivity index (χ0n) is 12.4. The number of hydrogen-bond acceptors (Lipinski definition) is 2. The van der Waals surface area contributed by atoms with Gasteiger partial charge in [-0.2, -0.15) is 0 Å². The molecule has 2 saturated carbocycles. The van der Waals surface area contributed by atoms with Crippen LogP contribution in [0.2, 0.25) is 0 Å². The fourth-order valence-electron chi connectivity index (χ4n) is 4.01. The molecule has 0 aromatic carbocycles. The van der Waals surface area contributed by atoms with Crippen LogP contribution in [0.15, 0.2) is 0 Å². The van der Waals surface area contributed by atoms with Crippen molar-refractivity contribution in [2.75, 3.05) is 0 Å². The number of esters is 1. The van der Waals surface area contributed by atoms with Crippen molar-refractivity contribution in [2.45, 2.75) is 78.2 Å². The van der Waals surface area contributed by atoms with Crippen LogP contribution in [0.1, 0.15) is 72.6 Å². The summed E-state index contributed by atoms with van der Waals surface area (Å²) in [5.41, 5.74) is -0.0494. The second-order valence-electron chi connectivity index (χ2n) is 7.22. The highest BCUT2D eigenvalue weighted by Gasteiger charge is 2.51. The van der Waals surface area contributed by atoms with Crippen LogP contribution >= 0.6 is 0 Å². The molecule has 0 unspecified atom stereocenters. The van der Waals surface area contributed by atoms with Gasteiger partial charge in [0.1, 0.15) is 5.60 Å². The molecule has 0 aromatic heterocycles. The van der Waals surface area contributed by atoms with Crippen LogP contribution in [-0.4, -0.2) is 11.6 Å². The number of carbonyl (C=O) groups excluding carboxylic acids is 1. The largest absolute Gasteiger partial charge is 0.459 e. The quantitative estimate of drug-likeness (QED) is 0.699. The van der Waals surface area contributed by atoms with E-state index in [0.717, 1.165) is 5.92 Å². The Balaban J connectivity index is 2.14. The van der Waals surface area contributed by atoms with Gasteiger partial charge in [-0.05, 0) is 39.0 Å². The van der Waals surface area contributed by atoms with Crippen molar-refractivity contribution >= 4 is 5.97 Å². The molecule has 104 valence electrons. The van der Waals surface area contributed by atoms with Gasteiger partial charge >= 0.3 is 5.97 Å². The Morgan fingerprint density at radius 3 is 2.28 bits per heavy atom. The molecule has 2 aliphatic rings. The third kappa shape index (κ3) is 2.44. The molecule has 0 N–H and O–H groups in total. The Labute approximate surface area is 111 Å². The molecule has 0 aromatic rings. The summed E-state index contributed by atoms with van der Waals surface area (Å²) in [6.07, 6.45) is 9.14. The van der Waals surface area contributed by atoms with E-state index in [1.807, 2.05) is 13.8 Å². The van der Waals surface area contributed by atoms with Gasteiger partial charge in [0.05, 0.1) is 5.92 Å². The maximum absolute atomic E-state index is 11.9. The first-order valence-corrected chi connectivity index (χ1v) is 7.59. The summed E-state index contributed by atoms with van der Waals surface area (Å²) in [6, 6.07) is 0. The molecule has 0 saturated heterocycles. The minimum Gasteiger partial charge on any atom is -0.459 e. The van der Waals surface area contributed by atoms with Crippen molar-refractivity contribution in [3.05, 3.63) is 0 Å². The molecule has 0 radical (unpaired) electrons. The Morgan fingerprint density at radius 2 is 1.78 bits per heavy atom. The SMILES string of the molecule is CC(C)C(=O)OC(C)(C)C12CCCC(CCC1)C2. The van der Waals surface area contributed by atoms with E-state index in [-0.39, 0.29) is 22.9 Å². The zero-order valence-corrected chi connectivity index (χ0v) is 12.4. The van der Waals surface area contributed by atoms with Crippen LogP contribution in [0.3, 0.4) is 0 Å². The molecule has 2 fully saturated rings. The van der Waals surface area contributed by atoms with E-state index >= 15 is 0 Å². The van der Waals surface area contributed by atoms with Gasteiger partial charge in [-0.25, -0.2) is 0 Å². The minimum atomic E-state index is -0.298. The van der Waals surface area contributed by atoms with Gasteiger partial charge in [-0.3, -0.25) is 4.79 Å². The molecule has 2 aliphatic carbocycles. The Morgan fingerprint density at radius 1 is 1.22 bits per heavy atom. The highest BCUT2D eigenvalue weighted by molar-refractivity contribution is 5.72. The van der Waals surface area contributed by atoms with Crippen molar-refractivity contribution in [2.24, 2.45) is 17.3 Å². The molecule has 18 heavy (non-hydrogen) atoms. The minimum absolute atomic E-state index is 0.0244. The van der Waals surface area contributed by atoms with Crippen molar-refractivity contribution in [3.63, 3.8) is 0 Å². The van der Waals surface area contributed by atoms with E-state index in [4.69, 9.17) is 4.74 Å². The van der Waals surface area contributed by atoms with Gasteiger partial charge in [0.25, 0.3) is 0 Å². The average Bonchev–Trinajstić information content (AvgIpc) is 2.28. The molecule has 2 bridgehead atoms. The molecule has 2 heteroatoms. The maximum Gasteiger partial charge on any atom is 0.308 e. The van der Waals surface area contributed by atoms with Gasteiger partial charge in [0, 0.05) is 5.41 Å². The predicted octanol–water partition coefficient (Wildman–Crippen LogP) is 4.32. The van der Waals surface area contributed by atoms with Crippen LogP contribution in [-0.2, 0) is 9.53 Å². The van der Waals surface area contributed by atoms with Crippen molar-refractivity contribution in [3.8, 4) is 0 Å². The molecule has 0 spiro atoms. The van der Waals surface area contributed by atoms with Crippen molar-refractivity contribution < 1.29 is 9.53 Å². The Kier molecular flexibility index (Phi) is 3.75. The van der Waals surface area contributed by atoms with Crippen LogP contribution < -0.4 is 0 Å². The number of hydrogen-bond donors (Lipinski definition) is 0. The maximum atomic E-state index is 11.9. The second kappa shape index (κ2) is 4.86. The molecule has 2 rings (SSSR count). The van der Waals surface area contributed by atoms with Crippen LogP contribution in [0, 0.1) is 17.3 Å². The fourth-order valence-corrected chi connectivity index (χ4v) is 4.01. The number of fused-ring (bicyclic) bond motifs is 2. The monoisotopic (exact) mass is 252 g/mol. The summed E-state index contributed by atoms with van der Waals surface area (Å²) in [6.45, 7) is 8.11. The molecule has 0 atom stereocenters. The van der Waals surface area contributed by atoms with Crippen LogP contribution in [0.4, 0.5) is 0 Å². The molecule has 2 nitrogen and oxygen atoms in total. The summed E-state index contributed by atoms with van der Waals surface area (Å²) < 4.78 is 5.88. The van der Waals surface area contributed by atoms with Crippen molar-refractivity contribution in [1.29, 1.82) is 0 Å². The van der Waals surface area contributed by atoms with Crippen LogP contribution in [0.5, 0.6) is 0 Å². The summed E-state index contributed by atoms with van der Waals surface area (Å²) in [7, 11) is 0. The topological polar surface area (TPSA) is 26.3 Å².